The molecule has 0 aliphatic carbocycles. The third-order valence-electron chi connectivity index (χ3n) is 5.01. The molecule has 3 rings (SSSR count). The summed E-state index contributed by atoms with van der Waals surface area (Å²) in [7, 11) is 1.65. The molecule has 0 atom stereocenters. The van der Waals surface area contributed by atoms with E-state index in [9.17, 15) is 4.79 Å². The standard InChI is InChI=1S/C24H29N3O2S/c1-16(2)13-25-24(30)27(14-18-8-10-21(29-4)11-9-18)15-20-12-19-7-5-6-17(3)22(19)26-23(20)28/h5-12,16H,13-15H2,1-4H3,(H,25,30)(H,26,28). The summed E-state index contributed by atoms with van der Waals surface area (Å²) in [4.78, 5) is 17.9. The zero-order valence-corrected chi connectivity index (χ0v) is 18.8. The number of pyridine rings is 1. The molecule has 0 amide bonds. The van der Waals surface area contributed by atoms with Gasteiger partial charge in [-0.1, -0.05) is 44.2 Å². The SMILES string of the molecule is COc1ccc(CN(Cc2cc3cccc(C)c3[nH]c2=O)C(=S)NCC(C)C)cc1. The Morgan fingerprint density at radius 3 is 2.57 bits per heavy atom. The highest BCUT2D eigenvalue weighted by atomic mass is 32.1. The van der Waals surface area contributed by atoms with Crippen LogP contribution in [0.5, 0.6) is 5.75 Å². The number of benzene rings is 2. The summed E-state index contributed by atoms with van der Waals surface area (Å²) in [6.45, 7) is 8.08. The summed E-state index contributed by atoms with van der Waals surface area (Å²) >= 11 is 5.68. The number of aromatic nitrogens is 1. The Morgan fingerprint density at radius 2 is 1.90 bits per heavy atom. The molecular weight excluding hydrogens is 394 g/mol. The number of aryl methyl sites for hydroxylation is 1. The monoisotopic (exact) mass is 423 g/mol. The lowest BCUT2D eigenvalue weighted by Crippen LogP contribution is -2.41. The van der Waals surface area contributed by atoms with Crippen molar-refractivity contribution in [1.29, 1.82) is 0 Å². The molecule has 0 aliphatic heterocycles. The van der Waals surface area contributed by atoms with Crippen LogP contribution < -0.4 is 15.6 Å². The van der Waals surface area contributed by atoms with Crippen molar-refractivity contribution in [3.8, 4) is 5.75 Å². The molecule has 0 aliphatic rings. The average Bonchev–Trinajstić information content (AvgIpc) is 2.73. The van der Waals surface area contributed by atoms with E-state index in [0.717, 1.165) is 34.3 Å². The predicted octanol–water partition coefficient (Wildman–Crippen LogP) is 4.38. The molecule has 1 heterocycles. The van der Waals surface area contributed by atoms with E-state index in [-0.39, 0.29) is 5.56 Å². The zero-order chi connectivity index (χ0) is 21.7. The van der Waals surface area contributed by atoms with Crippen LogP contribution in [-0.4, -0.2) is 28.7 Å². The van der Waals surface area contributed by atoms with E-state index in [0.29, 0.717) is 29.7 Å². The van der Waals surface area contributed by atoms with Crippen LogP contribution in [0.3, 0.4) is 0 Å². The molecule has 0 bridgehead atoms. The third kappa shape index (κ3) is 5.39. The maximum Gasteiger partial charge on any atom is 0.253 e. The first-order chi connectivity index (χ1) is 14.4. The summed E-state index contributed by atoms with van der Waals surface area (Å²) in [6.07, 6.45) is 0. The van der Waals surface area contributed by atoms with Gasteiger partial charge in [-0.2, -0.15) is 0 Å². The van der Waals surface area contributed by atoms with E-state index in [2.05, 4.69) is 24.1 Å². The average molecular weight is 424 g/mol. The molecule has 3 aromatic rings. The summed E-state index contributed by atoms with van der Waals surface area (Å²) in [5.41, 5.74) is 3.64. The van der Waals surface area contributed by atoms with Gasteiger partial charge in [-0.15, -0.1) is 0 Å². The first-order valence-corrected chi connectivity index (χ1v) is 10.6. The van der Waals surface area contributed by atoms with Crippen molar-refractivity contribution in [3.05, 3.63) is 75.6 Å². The second-order valence-electron chi connectivity index (χ2n) is 7.95. The molecular formula is C24H29N3O2S. The fraction of sp³-hybridized carbons (Fsp3) is 0.333. The van der Waals surface area contributed by atoms with Gasteiger partial charge in [0.05, 0.1) is 19.2 Å². The fourth-order valence-electron chi connectivity index (χ4n) is 3.31. The van der Waals surface area contributed by atoms with Gasteiger partial charge >= 0.3 is 0 Å². The lowest BCUT2D eigenvalue weighted by atomic mass is 10.1. The summed E-state index contributed by atoms with van der Waals surface area (Å²) in [5.74, 6) is 1.28. The minimum atomic E-state index is -0.0804. The third-order valence-corrected chi connectivity index (χ3v) is 5.41. The van der Waals surface area contributed by atoms with Gasteiger partial charge in [-0.05, 0) is 59.8 Å². The van der Waals surface area contributed by atoms with Crippen molar-refractivity contribution in [2.45, 2.75) is 33.9 Å². The Hall–Kier alpha value is -2.86. The minimum absolute atomic E-state index is 0.0804. The number of thiocarbonyl (C=S) groups is 1. The van der Waals surface area contributed by atoms with E-state index in [1.54, 1.807) is 7.11 Å². The molecule has 1 aromatic heterocycles. The highest BCUT2D eigenvalue weighted by molar-refractivity contribution is 7.80. The molecule has 30 heavy (non-hydrogen) atoms. The molecule has 0 saturated carbocycles. The Morgan fingerprint density at radius 1 is 1.17 bits per heavy atom. The van der Waals surface area contributed by atoms with E-state index in [1.807, 2.05) is 60.4 Å². The fourth-order valence-corrected chi connectivity index (χ4v) is 3.52. The van der Waals surface area contributed by atoms with Gasteiger partial charge in [0, 0.05) is 18.7 Å². The van der Waals surface area contributed by atoms with E-state index >= 15 is 0 Å². The first kappa shape index (κ1) is 21.8. The summed E-state index contributed by atoms with van der Waals surface area (Å²) in [5, 5.41) is 5.00. The molecule has 0 fully saturated rings. The minimum Gasteiger partial charge on any atom is -0.497 e. The number of nitrogens with zero attached hydrogens (tertiary/aromatic N) is 1. The number of ether oxygens (including phenoxy) is 1. The van der Waals surface area contributed by atoms with Crippen molar-refractivity contribution in [1.82, 2.24) is 15.2 Å². The molecule has 0 unspecified atom stereocenters. The zero-order valence-electron chi connectivity index (χ0n) is 18.0. The van der Waals surface area contributed by atoms with Gasteiger partial charge in [0.15, 0.2) is 5.11 Å². The number of methoxy groups -OCH3 is 1. The molecule has 2 aromatic carbocycles. The molecule has 0 spiro atoms. The number of fused-ring (bicyclic) bond motifs is 1. The maximum absolute atomic E-state index is 12.8. The van der Waals surface area contributed by atoms with Crippen LogP contribution in [0.2, 0.25) is 0 Å². The number of rotatable bonds is 7. The van der Waals surface area contributed by atoms with Crippen LogP contribution in [0.4, 0.5) is 0 Å². The van der Waals surface area contributed by atoms with Gasteiger partial charge in [-0.3, -0.25) is 4.79 Å². The number of hydrogen-bond acceptors (Lipinski definition) is 3. The molecule has 0 radical (unpaired) electrons. The normalized spacial score (nSPS) is 11.0. The Balaban J connectivity index is 1.89. The maximum atomic E-state index is 12.8. The van der Waals surface area contributed by atoms with E-state index in [1.165, 1.54) is 0 Å². The molecule has 0 saturated heterocycles. The molecule has 6 heteroatoms. The smallest absolute Gasteiger partial charge is 0.253 e. The quantitative estimate of drug-likeness (QED) is 0.553. The van der Waals surface area contributed by atoms with Crippen molar-refractivity contribution in [2.24, 2.45) is 5.92 Å². The Bertz CT molecular complexity index is 1070. The number of nitrogens with one attached hydrogen (secondary N) is 2. The lowest BCUT2D eigenvalue weighted by molar-refractivity contribution is 0.392. The summed E-state index contributed by atoms with van der Waals surface area (Å²) < 4.78 is 5.25. The van der Waals surface area contributed by atoms with Crippen molar-refractivity contribution in [3.63, 3.8) is 0 Å². The van der Waals surface area contributed by atoms with Crippen molar-refractivity contribution < 1.29 is 4.74 Å². The number of hydrogen-bond donors (Lipinski definition) is 2. The Kier molecular flexibility index (Phi) is 7.11. The number of H-pyrrole nitrogens is 1. The topological polar surface area (TPSA) is 57.4 Å². The second-order valence-corrected chi connectivity index (χ2v) is 8.33. The van der Waals surface area contributed by atoms with Gasteiger partial charge in [0.25, 0.3) is 5.56 Å². The lowest BCUT2D eigenvalue weighted by Gasteiger charge is -2.26. The van der Waals surface area contributed by atoms with Crippen LogP contribution in [0.15, 0.2) is 53.3 Å². The van der Waals surface area contributed by atoms with Crippen LogP contribution in [0, 0.1) is 12.8 Å². The molecule has 5 nitrogen and oxygen atoms in total. The van der Waals surface area contributed by atoms with Gasteiger partial charge in [0.1, 0.15) is 5.75 Å². The van der Waals surface area contributed by atoms with Crippen molar-refractivity contribution >= 4 is 28.2 Å². The number of para-hydroxylation sites is 1. The van der Waals surface area contributed by atoms with Crippen LogP contribution in [-0.2, 0) is 13.1 Å². The summed E-state index contributed by atoms with van der Waals surface area (Å²) in [6, 6.07) is 15.9. The van der Waals surface area contributed by atoms with Gasteiger partial charge in [0.2, 0.25) is 0 Å². The van der Waals surface area contributed by atoms with Crippen molar-refractivity contribution in [2.75, 3.05) is 13.7 Å². The van der Waals surface area contributed by atoms with Crippen LogP contribution in [0.25, 0.3) is 10.9 Å². The number of aromatic amines is 1. The predicted molar refractivity (Wildman–Crippen MR) is 127 cm³/mol. The highest BCUT2D eigenvalue weighted by Gasteiger charge is 2.15. The van der Waals surface area contributed by atoms with Crippen LogP contribution in [0.1, 0.15) is 30.5 Å². The molecule has 158 valence electrons. The first-order valence-electron chi connectivity index (χ1n) is 10.1. The van der Waals surface area contributed by atoms with Gasteiger partial charge in [-0.25, -0.2) is 0 Å². The van der Waals surface area contributed by atoms with Gasteiger partial charge < -0.3 is 19.9 Å². The highest BCUT2D eigenvalue weighted by Crippen LogP contribution is 2.18. The van der Waals surface area contributed by atoms with E-state index < -0.39 is 0 Å². The largest absolute Gasteiger partial charge is 0.497 e. The second kappa shape index (κ2) is 9.76. The Labute approximate surface area is 183 Å². The molecule has 2 N–H and O–H groups in total. The van der Waals surface area contributed by atoms with E-state index in [4.69, 9.17) is 17.0 Å². The van der Waals surface area contributed by atoms with Crippen LogP contribution >= 0.6 is 12.2 Å².